The van der Waals surface area contributed by atoms with E-state index in [1.54, 1.807) is 13.0 Å². The summed E-state index contributed by atoms with van der Waals surface area (Å²) in [4.78, 5) is 36.8. The fourth-order valence-electron chi connectivity index (χ4n) is 4.57. The van der Waals surface area contributed by atoms with Crippen molar-refractivity contribution in [1.29, 1.82) is 0 Å². The summed E-state index contributed by atoms with van der Waals surface area (Å²) in [6, 6.07) is 3.62. The lowest BCUT2D eigenvalue weighted by Crippen LogP contribution is -2.44. The van der Waals surface area contributed by atoms with Crippen LogP contribution in [0.15, 0.2) is 24.3 Å². The van der Waals surface area contributed by atoms with Crippen LogP contribution in [0.25, 0.3) is 0 Å². The summed E-state index contributed by atoms with van der Waals surface area (Å²) >= 11 is 0. The highest BCUT2D eigenvalue weighted by molar-refractivity contribution is 5.75. The molecule has 0 fully saturated rings. The Morgan fingerprint density at radius 2 is 1.96 bits per heavy atom. The molecule has 1 aliphatic carbocycles. The van der Waals surface area contributed by atoms with Crippen LogP contribution in [-0.4, -0.2) is 41.5 Å². The second-order valence-electron chi connectivity index (χ2n) is 7.60. The number of carbonyl (C=O) groups excluding carboxylic acids is 3. The van der Waals surface area contributed by atoms with Crippen LogP contribution in [0.3, 0.4) is 0 Å². The number of amides is 1. The van der Waals surface area contributed by atoms with Crippen molar-refractivity contribution in [2.24, 2.45) is 0 Å². The molecule has 0 N–H and O–H groups in total. The molecule has 148 valence electrons. The van der Waals surface area contributed by atoms with Crippen molar-refractivity contribution < 1.29 is 28.6 Å². The van der Waals surface area contributed by atoms with E-state index < -0.39 is 11.4 Å². The van der Waals surface area contributed by atoms with Crippen LogP contribution in [-0.2, 0) is 31.1 Å². The lowest BCUT2D eigenvalue weighted by molar-refractivity contribution is -0.145. The number of nitrogens with zero attached hydrogens (tertiary/aromatic N) is 1. The monoisotopic (exact) mass is 385 g/mol. The van der Waals surface area contributed by atoms with E-state index >= 15 is 0 Å². The quantitative estimate of drug-likeness (QED) is 0.441. The summed E-state index contributed by atoms with van der Waals surface area (Å²) in [5, 5.41) is 0. The first-order valence-electron chi connectivity index (χ1n) is 9.43. The van der Waals surface area contributed by atoms with E-state index in [2.05, 4.69) is 0 Å². The normalized spacial score (nSPS) is 27.2. The van der Waals surface area contributed by atoms with E-state index in [1.165, 1.54) is 13.8 Å². The smallest absolute Gasteiger partial charge is 0.308 e. The van der Waals surface area contributed by atoms with Crippen LogP contribution in [0.5, 0.6) is 11.5 Å². The number of benzene rings is 1. The van der Waals surface area contributed by atoms with Gasteiger partial charge in [0.25, 0.3) is 0 Å². The first-order valence-corrected chi connectivity index (χ1v) is 9.43. The number of ether oxygens (including phenoxy) is 3. The summed E-state index contributed by atoms with van der Waals surface area (Å²) in [5.41, 5.74) is 1.51. The highest BCUT2D eigenvalue weighted by Gasteiger charge is 2.53. The average molecular weight is 385 g/mol. The third kappa shape index (κ3) is 2.95. The molecule has 4 rings (SSSR count). The molecule has 1 aromatic carbocycles. The first kappa shape index (κ1) is 18.5. The summed E-state index contributed by atoms with van der Waals surface area (Å²) < 4.78 is 17.0. The number of rotatable bonds is 2. The van der Waals surface area contributed by atoms with E-state index in [4.69, 9.17) is 14.2 Å². The van der Waals surface area contributed by atoms with Gasteiger partial charge >= 0.3 is 11.9 Å². The number of hydrogen-bond acceptors (Lipinski definition) is 6. The highest BCUT2D eigenvalue weighted by atomic mass is 16.6. The van der Waals surface area contributed by atoms with Crippen molar-refractivity contribution in [3.8, 4) is 11.5 Å². The molecule has 1 aromatic rings. The minimum atomic E-state index is -0.443. The Balaban J connectivity index is 1.82. The molecule has 7 heteroatoms. The maximum absolute atomic E-state index is 12.1. The predicted molar refractivity (Wildman–Crippen MR) is 98.9 cm³/mol. The molecule has 3 atom stereocenters. The van der Waals surface area contributed by atoms with Gasteiger partial charge in [-0.2, -0.15) is 0 Å². The molecule has 1 unspecified atom stereocenters. The van der Waals surface area contributed by atoms with Crippen molar-refractivity contribution in [3.63, 3.8) is 0 Å². The maximum atomic E-state index is 12.1. The fourth-order valence-corrected chi connectivity index (χ4v) is 4.57. The molecule has 7 nitrogen and oxygen atoms in total. The van der Waals surface area contributed by atoms with Gasteiger partial charge in [-0.1, -0.05) is 12.1 Å². The van der Waals surface area contributed by atoms with Gasteiger partial charge in [0.15, 0.2) is 11.5 Å². The van der Waals surface area contributed by atoms with Gasteiger partial charge in [-0.05, 0) is 24.1 Å². The molecule has 0 saturated carbocycles. The second kappa shape index (κ2) is 6.65. The first-order chi connectivity index (χ1) is 13.3. The third-order valence-corrected chi connectivity index (χ3v) is 5.74. The topological polar surface area (TPSA) is 82.1 Å². The van der Waals surface area contributed by atoms with Crippen molar-refractivity contribution >= 4 is 17.8 Å². The largest absolute Gasteiger partial charge is 0.485 e. The molecule has 0 bridgehead atoms. The molecule has 3 aliphatic rings. The van der Waals surface area contributed by atoms with Crippen LogP contribution in [0.1, 0.15) is 44.7 Å². The van der Waals surface area contributed by atoms with Gasteiger partial charge in [0, 0.05) is 45.8 Å². The zero-order chi connectivity index (χ0) is 20.1. The Kier molecular flexibility index (Phi) is 4.40. The highest BCUT2D eigenvalue weighted by Crippen LogP contribution is 2.56. The van der Waals surface area contributed by atoms with Crippen molar-refractivity contribution in [2.45, 2.75) is 57.8 Å². The molecule has 0 radical (unpaired) electrons. The van der Waals surface area contributed by atoms with Crippen molar-refractivity contribution in [1.82, 2.24) is 4.90 Å². The Hall–Kier alpha value is -2.83. The van der Waals surface area contributed by atoms with Gasteiger partial charge in [-0.3, -0.25) is 14.4 Å². The zero-order valence-corrected chi connectivity index (χ0v) is 16.2. The third-order valence-electron chi connectivity index (χ3n) is 5.74. The second-order valence-corrected chi connectivity index (χ2v) is 7.60. The molecule has 0 saturated heterocycles. The molecule has 28 heavy (non-hydrogen) atoms. The molecular formula is C21H23NO6. The van der Waals surface area contributed by atoms with Crippen LogP contribution in [0.4, 0.5) is 0 Å². The molecule has 2 heterocycles. The van der Waals surface area contributed by atoms with Gasteiger partial charge in [0.2, 0.25) is 5.91 Å². The summed E-state index contributed by atoms with van der Waals surface area (Å²) in [7, 11) is 0. The van der Waals surface area contributed by atoms with Crippen molar-refractivity contribution in [3.05, 3.63) is 35.4 Å². The summed E-state index contributed by atoms with van der Waals surface area (Å²) in [6.07, 6.45) is 4.51. The Bertz CT molecular complexity index is 891. The summed E-state index contributed by atoms with van der Waals surface area (Å²) in [6.45, 7) is 5.38. The zero-order valence-electron chi connectivity index (χ0n) is 16.2. The van der Waals surface area contributed by atoms with Crippen LogP contribution >= 0.6 is 0 Å². The summed E-state index contributed by atoms with van der Waals surface area (Å²) in [5.74, 6) is 0.191. The van der Waals surface area contributed by atoms with Gasteiger partial charge in [0.1, 0.15) is 12.2 Å². The number of hydrogen-bond donors (Lipinski definition) is 0. The van der Waals surface area contributed by atoms with Gasteiger partial charge in [-0.15, -0.1) is 0 Å². The Morgan fingerprint density at radius 1 is 1.18 bits per heavy atom. The van der Waals surface area contributed by atoms with Crippen molar-refractivity contribution in [2.75, 3.05) is 6.54 Å². The maximum Gasteiger partial charge on any atom is 0.308 e. The fraction of sp³-hybridized carbons (Fsp3) is 0.476. The van der Waals surface area contributed by atoms with Crippen LogP contribution < -0.4 is 9.47 Å². The Morgan fingerprint density at radius 3 is 2.64 bits per heavy atom. The van der Waals surface area contributed by atoms with E-state index in [1.807, 2.05) is 23.1 Å². The minimum Gasteiger partial charge on any atom is -0.485 e. The van der Waals surface area contributed by atoms with E-state index in [9.17, 15) is 14.4 Å². The van der Waals surface area contributed by atoms with E-state index in [0.29, 0.717) is 37.4 Å². The lowest BCUT2D eigenvalue weighted by Gasteiger charge is -2.36. The van der Waals surface area contributed by atoms with Gasteiger partial charge in [0.05, 0.1) is 5.41 Å². The molecular weight excluding hydrogens is 362 g/mol. The lowest BCUT2D eigenvalue weighted by atomic mass is 9.69. The number of carbonyl (C=O) groups is 3. The minimum absolute atomic E-state index is 0.0178. The number of esters is 2. The van der Waals surface area contributed by atoms with Crippen LogP contribution in [0.2, 0.25) is 0 Å². The molecule has 2 aliphatic heterocycles. The van der Waals surface area contributed by atoms with Gasteiger partial charge in [-0.25, -0.2) is 0 Å². The van der Waals surface area contributed by atoms with E-state index in [0.717, 1.165) is 11.1 Å². The molecule has 1 spiro atoms. The predicted octanol–water partition coefficient (Wildman–Crippen LogP) is 2.25. The van der Waals surface area contributed by atoms with E-state index in [-0.39, 0.29) is 24.1 Å². The standard InChI is InChI=1S/C21H23NO6/c1-12(23)22-9-8-21-7-6-16(26-13(2)24)10-18(21)28-20-17(27-14(3)25)5-4-15(11-22)19(20)21/h4-7,16,18H,8-11H2,1-3H3/t16-,18-,21?/m0/s1. The molecule has 1 amide bonds. The van der Waals surface area contributed by atoms with Gasteiger partial charge < -0.3 is 19.1 Å². The average Bonchev–Trinajstić information content (AvgIpc) is 2.84. The molecule has 0 aromatic heterocycles. The SMILES string of the molecule is CC(=O)Oc1ccc2c3c1O[C@H]1C[C@@H](OC(C)=O)C=CC31CCN(C(C)=O)C2. The van der Waals surface area contributed by atoms with Crippen LogP contribution in [0, 0.1) is 0 Å². The Labute approximate surface area is 163 Å².